The lowest BCUT2D eigenvalue weighted by Gasteiger charge is -2.11. The molecule has 0 spiro atoms. The highest BCUT2D eigenvalue weighted by Crippen LogP contribution is 2.44. The molecule has 0 saturated heterocycles. The minimum atomic E-state index is 0.747. The highest BCUT2D eigenvalue weighted by atomic mass is 14.6. The average molecular weight is 173 g/mol. The monoisotopic (exact) mass is 173 g/mol. The van der Waals surface area contributed by atoms with Crippen molar-refractivity contribution in [3.8, 4) is 0 Å². The Hall–Kier alpha value is -1.24. The van der Waals surface area contributed by atoms with Crippen LogP contribution in [0.25, 0.3) is 6.08 Å². The molecule has 13 heavy (non-hydrogen) atoms. The van der Waals surface area contributed by atoms with Gasteiger partial charge in [-0.1, -0.05) is 18.7 Å². The van der Waals surface area contributed by atoms with Gasteiger partial charge in [-0.2, -0.15) is 0 Å². The van der Waals surface area contributed by atoms with Gasteiger partial charge in [0.25, 0.3) is 0 Å². The van der Waals surface area contributed by atoms with Crippen molar-refractivity contribution in [2.75, 3.05) is 5.73 Å². The maximum absolute atomic E-state index is 5.90. The van der Waals surface area contributed by atoms with E-state index in [1.165, 1.54) is 24.0 Å². The molecule has 1 fully saturated rings. The van der Waals surface area contributed by atoms with Crippen LogP contribution in [-0.4, -0.2) is 0 Å². The van der Waals surface area contributed by atoms with Crippen LogP contribution < -0.4 is 5.73 Å². The second-order valence-corrected chi connectivity index (χ2v) is 3.78. The van der Waals surface area contributed by atoms with Crippen LogP contribution in [0.3, 0.4) is 0 Å². The summed E-state index contributed by atoms with van der Waals surface area (Å²) in [6.07, 6.45) is 4.51. The average Bonchev–Trinajstić information content (AvgIpc) is 2.91. The number of benzene rings is 1. The van der Waals surface area contributed by atoms with Crippen molar-refractivity contribution in [2.45, 2.75) is 25.7 Å². The first-order chi connectivity index (χ1) is 6.24. The van der Waals surface area contributed by atoms with Crippen molar-refractivity contribution < 1.29 is 0 Å². The molecule has 0 amide bonds. The SMILES string of the molecule is C=Cc1c(N)ccc(C)c1C1CC1. The fraction of sp³-hybridized carbons (Fsp3) is 0.333. The first kappa shape index (κ1) is 8.36. The Labute approximate surface area is 79.3 Å². The summed E-state index contributed by atoms with van der Waals surface area (Å²) in [6.45, 7) is 5.98. The van der Waals surface area contributed by atoms with Crippen LogP contribution in [0, 0.1) is 6.92 Å². The summed E-state index contributed by atoms with van der Waals surface area (Å²) in [6, 6.07) is 4.08. The van der Waals surface area contributed by atoms with Crippen LogP contribution in [0.15, 0.2) is 18.7 Å². The van der Waals surface area contributed by atoms with Crippen LogP contribution in [0.2, 0.25) is 0 Å². The molecule has 1 heteroatoms. The van der Waals surface area contributed by atoms with E-state index in [-0.39, 0.29) is 0 Å². The van der Waals surface area contributed by atoms with Crippen molar-refractivity contribution in [3.63, 3.8) is 0 Å². The lowest BCUT2D eigenvalue weighted by molar-refractivity contribution is 1.09. The summed E-state index contributed by atoms with van der Waals surface area (Å²) >= 11 is 0. The van der Waals surface area contributed by atoms with E-state index >= 15 is 0 Å². The standard InChI is InChI=1S/C12H15N/c1-3-10-11(13)7-4-8(2)12(10)9-5-6-9/h3-4,7,9H,1,5-6,13H2,2H3. The second kappa shape index (κ2) is 2.91. The van der Waals surface area contributed by atoms with E-state index in [0.29, 0.717) is 0 Å². The molecule has 1 aliphatic rings. The number of anilines is 1. The topological polar surface area (TPSA) is 26.0 Å². The Kier molecular flexibility index (Phi) is 1.87. The molecule has 0 heterocycles. The van der Waals surface area contributed by atoms with Crippen LogP contribution in [0.1, 0.15) is 35.4 Å². The fourth-order valence-electron chi connectivity index (χ4n) is 1.90. The molecule has 0 radical (unpaired) electrons. The molecular weight excluding hydrogens is 158 g/mol. The van der Waals surface area contributed by atoms with E-state index in [0.717, 1.165) is 17.2 Å². The Morgan fingerprint density at radius 3 is 2.69 bits per heavy atom. The summed E-state index contributed by atoms with van der Waals surface area (Å²) in [5, 5.41) is 0. The Morgan fingerprint density at radius 2 is 2.15 bits per heavy atom. The Morgan fingerprint density at radius 1 is 1.46 bits per heavy atom. The van der Waals surface area contributed by atoms with E-state index in [1.54, 1.807) is 0 Å². The minimum absolute atomic E-state index is 0.747. The zero-order valence-corrected chi connectivity index (χ0v) is 8.01. The Balaban J connectivity index is 2.60. The van der Waals surface area contributed by atoms with Gasteiger partial charge in [0.05, 0.1) is 0 Å². The van der Waals surface area contributed by atoms with E-state index in [2.05, 4.69) is 19.6 Å². The first-order valence-electron chi connectivity index (χ1n) is 4.75. The van der Waals surface area contributed by atoms with Crippen LogP contribution >= 0.6 is 0 Å². The third-order valence-corrected chi connectivity index (χ3v) is 2.73. The van der Waals surface area contributed by atoms with Crippen molar-refractivity contribution in [2.24, 2.45) is 0 Å². The molecule has 0 bridgehead atoms. The second-order valence-electron chi connectivity index (χ2n) is 3.78. The molecule has 0 atom stereocenters. The van der Waals surface area contributed by atoms with Gasteiger partial charge in [0, 0.05) is 11.3 Å². The van der Waals surface area contributed by atoms with Gasteiger partial charge in [0.2, 0.25) is 0 Å². The van der Waals surface area contributed by atoms with Gasteiger partial charge in [-0.05, 0) is 42.9 Å². The summed E-state index contributed by atoms with van der Waals surface area (Å²) in [5.74, 6) is 0.747. The lowest BCUT2D eigenvalue weighted by Crippen LogP contribution is -1.97. The number of aryl methyl sites for hydroxylation is 1. The molecule has 1 saturated carbocycles. The van der Waals surface area contributed by atoms with Gasteiger partial charge in [-0.15, -0.1) is 0 Å². The maximum atomic E-state index is 5.90. The number of nitrogen functional groups attached to an aromatic ring is 1. The molecule has 1 aromatic carbocycles. The highest BCUT2D eigenvalue weighted by Gasteiger charge is 2.27. The lowest BCUT2D eigenvalue weighted by atomic mass is 9.96. The smallest absolute Gasteiger partial charge is 0.0390 e. The predicted octanol–water partition coefficient (Wildman–Crippen LogP) is 3.10. The number of rotatable bonds is 2. The Bertz CT molecular complexity index is 348. The van der Waals surface area contributed by atoms with E-state index in [1.807, 2.05) is 12.1 Å². The first-order valence-corrected chi connectivity index (χ1v) is 4.75. The van der Waals surface area contributed by atoms with Gasteiger partial charge in [-0.25, -0.2) is 0 Å². The molecule has 2 N–H and O–H groups in total. The zero-order chi connectivity index (χ0) is 9.42. The minimum Gasteiger partial charge on any atom is -0.398 e. The normalized spacial score (nSPS) is 15.8. The van der Waals surface area contributed by atoms with Crippen LogP contribution in [0.5, 0.6) is 0 Å². The largest absolute Gasteiger partial charge is 0.398 e. The van der Waals surface area contributed by atoms with Crippen LogP contribution in [-0.2, 0) is 0 Å². The number of hydrogen-bond acceptors (Lipinski definition) is 1. The zero-order valence-electron chi connectivity index (χ0n) is 8.01. The predicted molar refractivity (Wildman–Crippen MR) is 57.7 cm³/mol. The number of nitrogens with two attached hydrogens (primary N) is 1. The summed E-state index contributed by atoms with van der Waals surface area (Å²) in [5.41, 5.74) is 10.7. The summed E-state index contributed by atoms with van der Waals surface area (Å²) in [4.78, 5) is 0. The maximum Gasteiger partial charge on any atom is 0.0390 e. The van der Waals surface area contributed by atoms with Gasteiger partial charge in [0.15, 0.2) is 0 Å². The molecule has 1 aromatic rings. The third-order valence-electron chi connectivity index (χ3n) is 2.73. The number of hydrogen-bond donors (Lipinski definition) is 1. The van der Waals surface area contributed by atoms with Gasteiger partial charge >= 0.3 is 0 Å². The molecule has 0 aromatic heterocycles. The van der Waals surface area contributed by atoms with Gasteiger partial charge in [0.1, 0.15) is 0 Å². The highest BCUT2D eigenvalue weighted by molar-refractivity contribution is 5.69. The van der Waals surface area contributed by atoms with E-state index in [9.17, 15) is 0 Å². The summed E-state index contributed by atoms with van der Waals surface area (Å²) in [7, 11) is 0. The fourth-order valence-corrected chi connectivity index (χ4v) is 1.90. The summed E-state index contributed by atoms with van der Waals surface area (Å²) < 4.78 is 0. The molecule has 2 rings (SSSR count). The van der Waals surface area contributed by atoms with E-state index < -0.39 is 0 Å². The molecule has 1 nitrogen and oxygen atoms in total. The van der Waals surface area contributed by atoms with Crippen molar-refractivity contribution in [3.05, 3.63) is 35.4 Å². The van der Waals surface area contributed by atoms with Crippen molar-refractivity contribution in [1.82, 2.24) is 0 Å². The van der Waals surface area contributed by atoms with Crippen LogP contribution in [0.4, 0.5) is 5.69 Å². The van der Waals surface area contributed by atoms with Crippen molar-refractivity contribution >= 4 is 11.8 Å². The van der Waals surface area contributed by atoms with Crippen molar-refractivity contribution in [1.29, 1.82) is 0 Å². The molecule has 68 valence electrons. The van der Waals surface area contributed by atoms with Gasteiger partial charge < -0.3 is 5.73 Å². The molecule has 0 unspecified atom stereocenters. The van der Waals surface area contributed by atoms with Gasteiger partial charge in [-0.3, -0.25) is 0 Å². The van der Waals surface area contributed by atoms with E-state index in [4.69, 9.17) is 5.73 Å². The molecule has 1 aliphatic carbocycles. The molecule has 0 aliphatic heterocycles. The third kappa shape index (κ3) is 1.35. The quantitative estimate of drug-likeness (QED) is 0.683. The molecular formula is C12H15N.